The third-order valence-corrected chi connectivity index (χ3v) is 4.64. The Hall–Kier alpha value is -2.07. The number of aryl methyl sites for hydroxylation is 1. The molecule has 0 saturated carbocycles. The molecule has 2 heterocycles. The lowest BCUT2D eigenvalue weighted by Crippen LogP contribution is -2.27. The molecule has 1 unspecified atom stereocenters. The van der Waals surface area contributed by atoms with E-state index in [-0.39, 0.29) is 5.56 Å². The minimum atomic E-state index is -0.00183. The number of rotatable bonds is 3. The number of benzene rings is 1. The Morgan fingerprint density at radius 3 is 3.14 bits per heavy atom. The molecule has 4 nitrogen and oxygen atoms in total. The fraction of sp³-hybridized carbons (Fsp3) is 0.389. The molecule has 4 heteroatoms. The normalized spacial score (nSPS) is 19.4. The first-order valence-electron chi connectivity index (χ1n) is 8.00. The third-order valence-electron chi connectivity index (χ3n) is 4.64. The maximum atomic E-state index is 11.4. The van der Waals surface area contributed by atoms with Crippen LogP contribution in [0.2, 0.25) is 0 Å². The Morgan fingerprint density at radius 2 is 2.18 bits per heavy atom. The van der Waals surface area contributed by atoms with Crippen LogP contribution in [0.15, 0.2) is 35.1 Å². The molecule has 0 saturated heterocycles. The summed E-state index contributed by atoms with van der Waals surface area (Å²) >= 11 is 0. The van der Waals surface area contributed by atoms with Crippen molar-refractivity contribution in [1.82, 2.24) is 10.3 Å². The number of hydrogen-bond acceptors (Lipinski definition) is 3. The van der Waals surface area contributed by atoms with Crippen molar-refractivity contribution in [2.45, 2.75) is 38.3 Å². The van der Waals surface area contributed by atoms with Gasteiger partial charge in [-0.15, -0.1) is 0 Å². The largest absolute Gasteiger partial charge is 0.493 e. The molecule has 0 spiro atoms. The third kappa shape index (κ3) is 2.55. The van der Waals surface area contributed by atoms with Crippen molar-refractivity contribution in [3.63, 3.8) is 0 Å². The first-order valence-corrected chi connectivity index (χ1v) is 8.00. The van der Waals surface area contributed by atoms with E-state index in [4.69, 9.17) is 4.74 Å². The number of hydrogen-bond donors (Lipinski definition) is 2. The summed E-state index contributed by atoms with van der Waals surface area (Å²) in [6.07, 6.45) is 4.21. The van der Waals surface area contributed by atoms with E-state index in [0.29, 0.717) is 6.04 Å². The van der Waals surface area contributed by atoms with Crippen LogP contribution in [0, 0.1) is 0 Å². The number of H-pyrrole nitrogens is 1. The summed E-state index contributed by atoms with van der Waals surface area (Å²) in [5.41, 5.74) is 4.94. The highest BCUT2D eigenvalue weighted by atomic mass is 16.5. The van der Waals surface area contributed by atoms with Crippen molar-refractivity contribution in [2.24, 2.45) is 0 Å². The summed E-state index contributed by atoms with van der Waals surface area (Å²) in [6.45, 7) is 1.64. The van der Waals surface area contributed by atoms with Gasteiger partial charge in [0.25, 0.3) is 0 Å². The predicted molar refractivity (Wildman–Crippen MR) is 85.2 cm³/mol. The summed E-state index contributed by atoms with van der Waals surface area (Å²) in [5, 5.41) is 3.64. The molecule has 1 aliphatic heterocycles. The quantitative estimate of drug-likeness (QED) is 0.915. The van der Waals surface area contributed by atoms with E-state index in [2.05, 4.69) is 28.5 Å². The second kappa shape index (κ2) is 5.61. The van der Waals surface area contributed by atoms with Crippen LogP contribution in [0.25, 0.3) is 0 Å². The van der Waals surface area contributed by atoms with Crippen LogP contribution >= 0.6 is 0 Å². The summed E-state index contributed by atoms with van der Waals surface area (Å²) in [4.78, 5) is 14.4. The summed E-state index contributed by atoms with van der Waals surface area (Å²) in [7, 11) is 0. The van der Waals surface area contributed by atoms with Gasteiger partial charge in [0.15, 0.2) is 0 Å². The summed E-state index contributed by atoms with van der Waals surface area (Å²) in [5.74, 6) is 1.03. The fourth-order valence-corrected chi connectivity index (χ4v) is 3.50. The standard InChI is InChI=1S/C18H20N2O2/c21-18-7-5-14-15(2-1-3-16(14)20-18)19-11-12-4-6-17-13(10-12)8-9-22-17/h4-7,10,15,19H,1-3,8-9,11H2,(H,20,21). The maximum Gasteiger partial charge on any atom is 0.248 e. The van der Waals surface area contributed by atoms with Crippen LogP contribution in [-0.2, 0) is 19.4 Å². The van der Waals surface area contributed by atoms with Crippen LogP contribution in [0.1, 0.15) is 41.3 Å². The fourth-order valence-electron chi connectivity index (χ4n) is 3.50. The number of fused-ring (bicyclic) bond motifs is 2. The van der Waals surface area contributed by atoms with E-state index in [9.17, 15) is 4.79 Å². The highest BCUT2D eigenvalue weighted by Crippen LogP contribution is 2.29. The molecule has 1 aliphatic carbocycles. The van der Waals surface area contributed by atoms with E-state index in [1.165, 1.54) is 16.7 Å². The van der Waals surface area contributed by atoms with Crippen molar-refractivity contribution >= 4 is 0 Å². The first-order chi connectivity index (χ1) is 10.8. The Kier molecular flexibility index (Phi) is 3.47. The molecule has 22 heavy (non-hydrogen) atoms. The Morgan fingerprint density at radius 1 is 1.23 bits per heavy atom. The first kappa shape index (κ1) is 13.6. The molecule has 0 amide bonds. The molecule has 1 aromatic carbocycles. The lowest BCUT2D eigenvalue weighted by atomic mass is 9.91. The number of aromatic nitrogens is 1. The van der Waals surface area contributed by atoms with Gasteiger partial charge < -0.3 is 15.0 Å². The van der Waals surface area contributed by atoms with Crippen molar-refractivity contribution in [1.29, 1.82) is 0 Å². The number of nitrogens with one attached hydrogen (secondary N) is 2. The smallest absolute Gasteiger partial charge is 0.248 e. The Balaban J connectivity index is 1.50. The minimum absolute atomic E-state index is 0.00183. The van der Waals surface area contributed by atoms with Gasteiger partial charge in [0.1, 0.15) is 5.75 Å². The molecule has 4 rings (SSSR count). The predicted octanol–water partition coefficient (Wildman–Crippen LogP) is 2.48. The van der Waals surface area contributed by atoms with Gasteiger partial charge in [-0.1, -0.05) is 18.2 Å². The maximum absolute atomic E-state index is 11.4. The zero-order valence-electron chi connectivity index (χ0n) is 12.5. The van der Waals surface area contributed by atoms with Gasteiger partial charge in [-0.2, -0.15) is 0 Å². The monoisotopic (exact) mass is 296 g/mol. The molecular formula is C18H20N2O2. The summed E-state index contributed by atoms with van der Waals surface area (Å²) < 4.78 is 5.55. The lowest BCUT2D eigenvalue weighted by molar-refractivity contribution is 0.357. The average Bonchev–Trinajstić information content (AvgIpc) is 3.00. The highest BCUT2D eigenvalue weighted by molar-refractivity contribution is 5.39. The molecule has 0 bridgehead atoms. The van der Waals surface area contributed by atoms with E-state index in [1.807, 2.05) is 6.07 Å². The van der Waals surface area contributed by atoms with Crippen LogP contribution in [-0.4, -0.2) is 11.6 Å². The number of aromatic amines is 1. The van der Waals surface area contributed by atoms with Crippen LogP contribution in [0.5, 0.6) is 5.75 Å². The van der Waals surface area contributed by atoms with Gasteiger partial charge >= 0.3 is 0 Å². The van der Waals surface area contributed by atoms with Crippen molar-refractivity contribution in [3.8, 4) is 5.75 Å². The minimum Gasteiger partial charge on any atom is -0.493 e. The summed E-state index contributed by atoms with van der Waals surface area (Å²) in [6, 6.07) is 10.4. The number of ether oxygens (including phenoxy) is 1. The highest BCUT2D eigenvalue weighted by Gasteiger charge is 2.20. The average molecular weight is 296 g/mol. The van der Waals surface area contributed by atoms with Gasteiger partial charge in [-0.3, -0.25) is 4.79 Å². The van der Waals surface area contributed by atoms with Crippen molar-refractivity contribution in [2.75, 3.05) is 6.61 Å². The van der Waals surface area contributed by atoms with E-state index in [0.717, 1.165) is 50.3 Å². The Bertz CT molecular complexity index is 751. The molecular weight excluding hydrogens is 276 g/mol. The van der Waals surface area contributed by atoms with Crippen LogP contribution in [0.4, 0.5) is 0 Å². The molecule has 114 valence electrons. The molecule has 0 radical (unpaired) electrons. The van der Waals surface area contributed by atoms with Gasteiger partial charge in [0, 0.05) is 30.8 Å². The van der Waals surface area contributed by atoms with Gasteiger partial charge in [-0.25, -0.2) is 0 Å². The number of pyridine rings is 1. The topological polar surface area (TPSA) is 54.1 Å². The second-order valence-corrected chi connectivity index (χ2v) is 6.12. The zero-order chi connectivity index (χ0) is 14.9. The van der Waals surface area contributed by atoms with Crippen LogP contribution in [0.3, 0.4) is 0 Å². The van der Waals surface area contributed by atoms with Crippen molar-refractivity contribution < 1.29 is 4.74 Å². The van der Waals surface area contributed by atoms with Gasteiger partial charge in [0.05, 0.1) is 6.61 Å². The lowest BCUT2D eigenvalue weighted by Gasteiger charge is -2.26. The van der Waals surface area contributed by atoms with Crippen molar-refractivity contribution in [3.05, 3.63) is 63.1 Å². The van der Waals surface area contributed by atoms with Gasteiger partial charge in [0.2, 0.25) is 5.56 Å². The molecule has 0 fully saturated rings. The zero-order valence-corrected chi connectivity index (χ0v) is 12.5. The molecule has 1 atom stereocenters. The van der Waals surface area contributed by atoms with Crippen LogP contribution < -0.4 is 15.6 Å². The van der Waals surface area contributed by atoms with E-state index in [1.54, 1.807) is 6.07 Å². The van der Waals surface area contributed by atoms with E-state index < -0.39 is 0 Å². The second-order valence-electron chi connectivity index (χ2n) is 6.12. The van der Waals surface area contributed by atoms with Gasteiger partial charge in [-0.05, 0) is 42.0 Å². The SMILES string of the molecule is O=c1ccc2c([nH]1)CCCC2NCc1ccc2c(c1)CCO2. The molecule has 2 aliphatic rings. The molecule has 2 N–H and O–H groups in total. The molecule has 2 aromatic rings. The molecule has 1 aromatic heterocycles. The Labute approximate surface area is 129 Å². The van der Waals surface area contributed by atoms with E-state index >= 15 is 0 Å².